The summed E-state index contributed by atoms with van der Waals surface area (Å²) in [7, 11) is 1.33. The Kier molecular flexibility index (Phi) is 14.8. The number of carbonyl (C=O) groups excluding carboxylic acids is 2. The van der Waals surface area contributed by atoms with Gasteiger partial charge >= 0.3 is 5.97 Å². The van der Waals surface area contributed by atoms with Crippen LogP contribution in [0, 0.1) is 12.8 Å². The minimum Gasteiger partial charge on any atom is -0.467 e. The lowest BCUT2D eigenvalue weighted by molar-refractivity contribution is -0.142. The predicted octanol–water partition coefficient (Wildman–Crippen LogP) is 4.91. The minimum absolute atomic E-state index is 0.0613. The summed E-state index contributed by atoms with van der Waals surface area (Å²) in [6.45, 7) is 2.40. The van der Waals surface area contributed by atoms with Gasteiger partial charge in [-0.05, 0) is 72.1 Å². The number of benzene rings is 2. The molecule has 0 heterocycles. The van der Waals surface area contributed by atoms with Crippen LogP contribution in [0.3, 0.4) is 0 Å². The standard InChI is InChI=1S/C33H47NO7S/c1-23-9-7-8-12-28(23)30-18-25(13-14-29(30)32(37)34-31(15-16-42-3)33(38)39-2)20-41-27(22-40-21-26(36)19-35)17-24-10-5-4-6-11-24/h7-9,12-14,18,24,26-27,31,35-36H,4-6,10-11,15-17,19-22H2,1-3H3,(H,34,37)/t26?,27?,31-/m0/s1. The van der Waals surface area contributed by atoms with E-state index in [0.29, 0.717) is 36.9 Å². The summed E-state index contributed by atoms with van der Waals surface area (Å²) in [5.41, 5.74) is 4.13. The lowest BCUT2D eigenvalue weighted by atomic mass is 9.85. The van der Waals surface area contributed by atoms with Crippen LogP contribution in [0.15, 0.2) is 42.5 Å². The van der Waals surface area contributed by atoms with E-state index in [1.807, 2.05) is 49.6 Å². The highest BCUT2D eigenvalue weighted by Crippen LogP contribution is 2.31. The molecule has 1 aliphatic carbocycles. The smallest absolute Gasteiger partial charge is 0.328 e. The maximum atomic E-state index is 13.5. The fourth-order valence-corrected chi connectivity index (χ4v) is 5.89. The van der Waals surface area contributed by atoms with Gasteiger partial charge in [0.15, 0.2) is 0 Å². The quantitative estimate of drug-likeness (QED) is 0.219. The number of nitrogens with one attached hydrogen (secondary N) is 1. The van der Waals surface area contributed by atoms with Gasteiger partial charge in [-0.3, -0.25) is 4.79 Å². The Hall–Kier alpha value is -2.43. The van der Waals surface area contributed by atoms with Crippen molar-refractivity contribution in [3.05, 3.63) is 59.2 Å². The van der Waals surface area contributed by atoms with E-state index in [9.17, 15) is 14.7 Å². The monoisotopic (exact) mass is 601 g/mol. The molecule has 0 radical (unpaired) electrons. The number of methoxy groups -OCH3 is 1. The van der Waals surface area contributed by atoms with Crippen LogP contribution in [0.4, 0.5) is 0 Å². The molecule has 3 rings (SSSR count). The van der Waals surface area contributed by atoms with E-state index in [1.54, 1.807) is 17.8 Å². The van der Waals surface area contributed by atoms with Crippen LogP contribution >= 0.6 is 11.8 Å². The maximum Gasteiger partial charge on any atom is 0.328 e. The second kappa shape index (κ2) is 18.3. The van der Waals surface area contributed by atoms with Crippen LogP contribution in [0.25, 0.3) is 11.1 Å². The Morgan fingerprint density at radius 2 is 1.83 bits per heavy atom. The summed E-state index contributed by atoms with van der Waals surface area (Å²) in [6.07, 6.45) is 8.37. The maximum absolute atomic E-state index is 13.5. The van der Waals surface area contributed by atoms with Crippen molar-refractivity contribution in [2.24, 2.45) is 5.92 Å². The van der Waals surface area contributed by atoms with Crippen molar-refractivity contribution in [2.45, 2.75) is 76.7 Å². The second-order valence-electron chi connectivity index (χ2n) is 11.1. The van der Waals surface area contributed by atoms with Crippen molar-refractivity contribution >= 4 is 23.6 Å². The van der Waals surface area contributed by atoms with Gasteiger partial charge in [0.05, 0.1) is 39.6 Å². The molecule has 1 saturated carbocycles. The molecule has 1 aliphatic rings. The molecular formula is C33H47NO7S. The second-order valence-corrected chi connectivity index (χ2v) is 12.1. The lowest BCUT2D eigenvalue weighted by Crippen LogP contribution is -2.42. The molecule has 0 saturated heterocycles. The number of esters is 1. The molecule has 1 amide bonds. The van der Waals surface area contributed by atoms with Crippen LogP contribution in [-0.2, 0) is 25.6 Å². The van der Waals surface area contributed by atoms with Gasteiger partial charge in [0.25, 0.3) is 5.91 Å². The highest BCUT2D eigenvalue weighted by molar-refractivity contribution is 7.98. The first-order chi connectivity index (χ1) is 20.4. The van der Waals surface area contributed by atoms with Crippen molar-refractivity contribution in [1.29, 1.82) is 0 Å². The molecule has 0 aliphatic heterocycles. The minimum atomic E-state index is -0.907. The number of aliphatic hydroxyl groups is 2. The van der Waals surface area contributed by atoms with Gasteiger partial charge in [-0.15, -0.1) is 0 Å². The van der Waals surface area contributed by atoms with Crippen molar-refractivity contribution in [3.8, 4) is 11.1 Å². The van der Waals surface area contributed by atoms with E-state index in [0.717, 1.165) is 28.7 Å². The van der Waals surface area contributed by atoms with Gasteiger partial charge in [0, 0.05) is 5.56 Å². The molecule has 2 unspecified atom stereocenters. The first-order valence-electron chi connectivity index (χ1n) is 14.9. The zero-order chi connectivity index (χ0) is 30.3. The Morgan fingerprint density at radius 3 is 2.52 bits per heavy atom. The topological polar surface area (TPSA) is 114 Å². The molecule has 42 heavy (non-hydrogen) atoms. The van der Waals surface area contributed by atoms with Crippen LogP contribution in [-0.4, -0.2) is 79.3 Å². The van der Waals surface area contributed by atoms with Gasteiger partial charge in [-0.1, -0.05) is 62.4 Å². The number of amides is 1. The van der Waals surface area contributed by atoms with E-state index in [2.05, 4.69) is 5.32 Å². The number of aryl methyl sites for hydroxylation is 1. The Labute approximate surface area is 254 Å². The average molecular weight is 602 g/mol. The Bertz CT molecular complexity index is 1120. The average Bonchev–Trinajstić information content (AvgIpc) is 3.01. The molecular weight excluding hydrogens is 554 g/mol. The molecule has 1 fully saturated rings. The highest BCUT2D eigenvalue weighted by Gasteiger charge is 2.25. The van der Waals surface area contributed by atoms with Gasteiger partial charge in [-0.25, -0.2) is 4.79 Å². The summed E-state index contributed by atoms with van der Waals surface area (Å²) in [6, 6.07) is 12.8. The van der Waals surface area contributed by atoms with Gasteiger partial charge in [0.1, 0.15) is 12.1 Å². The van der Waals surface area contributed by atoms with Gasteiger partial charge < -0.3 is 29.7 Å². The first kappa shape index (κ1) is 34.1. The zero-order valence-electron chi connectivity index (χ0n) is 25.2. The number of ether oxygens (including phenoxy) is 3. The van der Waals surface area contributed by atoms with Gasteiger partial charge in [-0.2, -0.15) is 11.8 Å². The predicted molar refractivity (Wildman–Crippen MR) is 167 cm³/mol. The Balaban J connectivity index is 1.81. The number of thioether (sulfide) groups is 1. The number of hydrogen-bond acceptors (Lipinski definition) is 8. The molecule has 8 nitrogen and oxygen atoms in total. The van der Waals surface area contributed by atoms with Crippen molar-refractivity contribution in [1.82, 2.24) is 5.32 Å². The van der Waals surface area contributed by atoms with E-state index in [4.69, 9.17) is 19.3 Å². The van der Waals surface area contributed by atoms with Gasteiger partial charge in [0.2, 0.25) is 0 Å². The van der Waals surface area contributed by atoms with Crippen LogP contribution in [0.2, 0.25) is 0 Å². The van der Waals surface area contributed by atoms with E-state index < -0.39 is 18.1 Å². The third kappa shape index (κ3) is 10.7. The van der Waals surface area contributed by atoms with Crippen molar-refractivity contribution < 1.29 is 34.0 Å². The first-order valence-corrected chi connectivity index (χ1v) is 16.3. The molecule has 0 aromatic heterocycles. The number of hydrogen-bond donors (Lipinski definition) is 3. The molecule has 232 valence electrons. The summed E-state index contributed by atoms with van der Waals surface area (Å²) >= 11 is 1.60. The van der Waals surface area contributed by atoms with Crippen molar-refractivity contribution in [3.63, 3.8) is 0 Å². The number of rotatable bonds is 17. The Morgan fingerprint density at radius 1 is 1.07 bits per heavy atom. The number of carbonyl (C=O) groups is 2. The summed E-state index contributed by atoms with van der Waals surface area (Å²) < 4.78 is 17.0. The molecule has 2 aromatic carbocycles. The molecule has 0 bridgehead atoms. The highest BCUT2D eigenvalue weighted by atomic mass is 32.2. The summed E-state index contributed by atoms with van der Waals surface area (Å²) in [5, 5.41) is 21.7. The molecule has 9 heteroatoms. The van der Waals surface area contributed by atoms with Crippen molar-refractivity contribution in [2.75, 3.05) is 38.9 Å². The molecule has 3 atom stereocenters. The number of aliphatic hydroxyl groups excluding tert-OH is 2. The van der Waals surface area contributed by atoms with Crippen LogP contribution in [0.1, 0.15) is 66.4 Å². The summed E-state index contributed by atoms with van der Waals surface area (Å²) in [4.78, 5) is 25.9. The SMILES string of the molecule is COC(=O)[C@H](CCSC)NC(=O)c1ccc(COC(COCC(O)CO)CC2CCCCC2)cc1-c1ccccc1C. The third-order valence-electron chi connectivity index (χ3n) is 7.80. The zero-order valence-corrected chi connectivity index (χ0v) is 26.0. The fourth-order valence-electron chi connectivity index (χ4n) is 5.42. The lowest BCUT2D eigenvalue weighted by Gasteiger charge is -2.27. The molecule has 3 N–H and O–H groups in total. The van der Waals surface area contributed by atoms with Crippen LogP contribution < -0.4 is 5.32 Å². The molecule has 0 spiro atoms. The third-order valence-corrected chi connectivity index (χ3v) is 8.44. The fraction of sp³-hybridized carbons (Fsp3) is 0.576. The van der Waals surface area contributed by atoms with E-state index >= 15 is 0 Å². The summed E-state index contributed by atoms with van der Waals surface area (Å²) in [5.74, 6) is 0.504. The van der Waals surface area contributed by atoms with Crippen LogP contribution in [0.5, 0.6) is 0 Å². The molecule has 2 aromatic rings. The van der Waals surface area contributed by atoms with E-state index in [1.165, 1.54) is 39.2 Å². The van der Waals surface area contributed by atoms with E-state index in [-0.39, 0.29) is 25.2 Å². The largest absolute Gasteiger partial charge is 0.467 e. The normalized spacial score (nSPS) is 16.0.